The molecule has 0 aliphatic rings. The third kappa shape index (κ3) is 5.47. The minimum atomic E-state index is 1.11. The lowest BCUT2D eigenvalue weighted by atomic mass is 9.98. The van der Waals surface area contributed by atoms with Crippen LogP contribution >= 0.6 is 22.7 Å². The van der Waals surface area contributed by atoms with Crippen molar-refractivity contribution in [1.29, 1.82) is 0 Å². The molecule has 10 aromatic carbocycles. The molecule has 0 amide bonds. The van der Waals surface area contributed by atoms with Gasteiger partial charge in [-0.1, -0.05) is 146 Å². The number of aromatic nitrogens is 1. The first-order valence-electron chi connectivity index (χ1n) is 21.1. The van der Waals surface area contributed by atoms with Gasteiger partial charge in [-0.2, -0.15) is 0 Å². The maximum Gasteiger partial charge on any atom is 0.0562 e. The van der Waals surface area contributed by atoms with E-state index in [4.69, 9.17) is 0 Å². The Morgan fingerprint density at radius 2 is 1.00 bits per heavy atom. The van der Waals surface area contributed by atoms with Crippen molar-refractivity contribution in [3.8, 4) is 27.9 Å². The van der Waals surface area contributed by atoms with Crippen LogP contribution in [0.2, 0.25) is 0 Å². The van der Waals surface area contributed by atoms with E-state index in [1.54, 1.807) is 0 Å². The van der Waals surface area contributed by atoms with Gasteiger partial charge >= 0.3 is 0 Å². The van der Waals surface area contributed by atoms with E-state index in [2.05, 4.69) is 228 Å². The molecular weight excluding hydrogens is 789 g/mol. The van der Waals surface area contributed by atoms with Gasteiger partial charge in [0.25, 0.3) is 0 Å². The molecular formula is C58H36N2S2. The molecule has 0 spiro atoms. The molecule has 290 valence electrons. The highest BCUT2D eigenvalue weighted by atomic mass is 32.1. The fourth-order valence-corrected chi connectivity index (χ4v) is 12.1. The maximum absolute atomic E-state index is 2.52. The minimum Gasteiger partial charge on any atom is -0.309 e. The molecule has 2 nitrogen and oxygen atoms in total. The highest BCUT2D eigenvalue weighted by molar-refractivity contribution is 7.26. The Balaban J connectivity index is 1.08. The van der Waals surface area contributed by atoms with Crippen LogP contribution in [0.1, 0.15) is 0 Å². The van der Waals surface area contributed by atoms with E-state index in [-0.39, 0.29) is 0 Å². The summed E-state index contributed by atoms with van der Waals surface area (Å²) < 4.78 is 7.63. The monoisotopic (exact) mass is 824 g/mol. The topological polar surface area (TPSA) is 8.17 Å². The Kier molecular flexibility index (Phi) is 7.99. The molecule has 0 saturated heterocycles. The first-order valence-corrected chi connectivity index (χ1v) is 22.7. The molecule has 13 aromatic rings. The fraction of sp³-hybridized carbons (Fsp3) is 0. The zero-order valence-electron chi connectivity index (χ0n) is 33.5. The van der Waals surface area contributed by atoms with E-state index in [9.17, 15) is 0 Å². The third-order valence-corrected chi connectivity index (χ3v) is 14.9. The number of nitrogens with zero attached hydrogens (tertiary/aromatic N) is 2. The second-order valence-corrected chi connectivity index (χ2v) is 18.2. The lowest BCUT2D eigenvalue weighted by molar-refractivity contribution is 1.18. The van der Waals surface area contributed by atoms with Gasteiger partial charge in [0.1, 0.15) is 0 Å². The van der Waals surface area contributed by atoms with Crippen LogP contribution in [0.3, 0.4) is 0 Å². The standard InChI is InChI=1S/C58H36N2S2/c1-2-15-42(16-3-1)59-49-20-9-6-18-47(49)56-50(59)21-12-22-51(56)60(43-30-27-38(28-31-43)40-26-25-37-13-4-5-14-39(37)35-40)52-34-33-44(58-57(52)48-19-8-11-24-54(48)62-58)41-29-32-46-45-17-7-10-23-53(45)61-55(46)36-41/h1-36H. The van der Waals surface area contributed by atoms with Gasteiger partial charge in [-0.15, -0.1) is 22.7 Å². The molecule has 0 radical (unpaired) electrons. The molecule has 0 aliphatic heterocycles. The molecule has 13 rings (SSSR count). The van der Waals surface area contributed by atoms with Crippen molar-refractivity contribution in [2.75, 3.05) is 4.90 Å². The zero-order valence-corrected chi connectivity index (χ0v) is 35.1. The van der Waals surface area contributed by atoms with Crippen molar-refractivity contribution in [3.63, 3.8) is 0 Å². The van der Waals surface area contributed by atoms with Crippen molar-refractivity contribution in [3.05, 3.63) is 218 Å². The van der Waals surface area contributed by atoms with Gasteiger partial charge in [0.15, 0.2) is 0 Å². The Morgan fingerprint density at radius 1 is 0.355 bits per heavy atom. The summed E-state index contributed by atoms with van der Waals surface area (Å²) in [5.41, 5.74) is 11.8. The number of fused-ring (bicyclic) bond motifs is 10. The largest absolute Gasteiger partial charge is 0.309 e. The predicted octanol–water partition coefficient (Wildman–Crippen LogP) is 17.5. The van der Waals surface area contributed by atoms with Gasteiger partial charge in [0, 0.05) is 62.5 Å². The Bertz CT molecular complexity index is 3870. The zero-order chi connectivity index (χ0) is 40.7. The molecule has 3 aromatic heterocycles. The van der Waals surface area contributed by atoms with Crippen LogP contribution in [0.5, 0.6) is 0 Å². The van der Waals surface area contributed by atoms with E-state index >= 15 is 0 Å². The molecule has 0 unspecified atom stereocenters. The Hall–Kier alpha value is -7.50. The van der Waals surface area contributed by atoms with Gasteiger partial charge in [-0.05, 0) is 106 Å². The fourth-order valence-electron chi connectivity index (χ4n) is 9.74. The van der Waals surface area contributed by atoms with Crippen molar-refractivity contribution >= 4 is 113 Å². The van der Waals surface area contributed by atoms with Crippen molar-refractivity contribution in [2.24, 2.45) is 0 Å². The van der Waals surface area contributed by atoms with Gasteiger partial charge in [0.05, 0.1) is 22.4 Å². The lowest BCUT2D eigenvalue weighted by Crippen LogP contribution is -2.11. The minimum absolute atomic E-state index is 1.11. The van der Waals surface area contributed by atoms with Crippen LogP contribution < -0.4 is 4.90 Å². The predicted molar refractivity (Wildman–Crippen MR) is 270 cm³/mol. The molecule has 3 heterocycles. The average molecular weight is 825 g/mol. The number of anilines is 3. The van der Waals surface area contributed by atoms with E-state index in [0.717, 1.165) is 22.7 Å². The molecule has 0 atom stereocenters. The van der Waals surface area contributed by atoms with Crippen LogP contribution in [-0.4, -0.2) is 4.57 Å². The van der Waals surface area contributed by atoms with Crippen molar-refractivity contribution < 1.29 is 0 Å². The van der Waals surface area contributed by atoms with Crippen LogP contribution in [0.4, 0.5) is 17.1 Å². The summed E-state index contributed by atoms with van der Waals surface area (Å²) in [6, 6.07) is 80.5. The molecule has 4 heteroatoms. The summed E-state index contributed by atoms with van der Waals surface area (Å²) in [4.78, 5) is 2.52. The van der Waals surface area contributed by atoms with E-state index < -0.39 is 0 Å². The smallest absolute Gasteiger partial charge is 0.0562 e. The Labute approximate surface area is 366 Å². The molecule has 62 heavy (non-hydrogen) atoms. The summed E-state index contributed by atoms with van der Waals surface area (Å²) in [6.45, 7) is 0. The van der Waals surface area contributed by atoms with Gasteiger partial charge in [-0.25, -0.2) is 0 Å². The number of rotatable bonds is 6. The van der Waals surface area contributed by atoms with E-state index in [1.165, 1.54) is 95.2 Å². The summed E-state index contributed by atoms with van der Waals surface area (Å²) in [6.07, 6.45) is 0. The summed E-state index contributed by atoms with van der Waals surface area (Å²) in [5, 5.41) is 10.1. The number of benzene rings is 10. The van der Waals surface area contributed by atoms with Crippen LogP contribution in [0.15, 0.2) is 218 Å². The first-order chi connectivity index (χ1) is 30.7. The highest BCUT2D eigenvalue weighted by Crippen LogP contribution is 2.51. The van der Waals surface area contributed by atoms with Crippen LogP contribution in [0, 0.1) is 0 Å². The SMILES string of the molecule is c1ccc(-n2c3ccccc3c3c(N(c4ccc(-c5ccc6ccccc6c5)cc4)c4ccc(-c5ccc6c(c5)sc5ccccc56)c5sc6ccccc6c45)cccc32)cc1. The number of thiophene rings is 2. The highest BCUT2D eigenvalue weighted by Gasteiger charge is 2.25. The summed E-state index contributed by atoms with van der Waals surface area (Å²) in [5.74, 6) is 0. The van der Waals surface area contributed by atoms with Crippen LogP contribution in [-0.2, 0) is 0 Å². The lowest BCUT2D eigenvalue weighted by Gasteiger charge is -2.28. The number of hydrogen-bond acceptors (Lipinski definition) is 3. The Morgan fingerprint density at radius 3 is 1.85 bits per heavy atom. The second-order valence-electron chi connectivity index (χ2n) is 16.0. The van der Waals surface area contributed by atoms with Crippen LogP contribution in [0.25, 0.3) is 101 Å². The van der Waals surface area contributed by atoms with Crippen molar-refractivity contribution in [1.82, 2.24) is 4.57 Å². The normalized spacial score (nSPS) is 11.9. The van der Waals surface area contributed by atoms with Gasteiger partial charge in [-0.3, -0.25) is 0 Å². The molecule has 0 aliphatic carbocycles. The quantitative estimate of drug-likeness (QED) is 0.162. The maximum atomic E-state index is 2.52. The summed E-state index contributed by atoms with van der Waals surface area (Å²) in [7, 11) is 0. The average Bonchev–Trinajstić information content (AvgIpc) is 4.02. The van der Waals surface area contributed by atoms with Gasteiger partial charge < -0.3 is 9.47 Å². The summed E-state index contributed by atoms with van der Waals surface area (Å²) >= 11 is 3.78. The molecule has 0 saturated carbocycles. The molecule has 0 fully saturated rings. The first kappa shape index (κ1) is 35.3. The third-order valence-electron chi connectivity index (χ3n) is 12.6. The van der Waals surface area contributed by atoms with E-state index in [1.807, 2.05) is 22.7 Å². The second kappa shape index (κ2) is 14.0. The molecule has 0 N–H and O–H groups in total. The molecule has 0 bridgehead atoms. The number of hydrogen-bond donors (Lipinski definition) is 0. The van der Waals surface area contributed by atoms with E-state index in [0.29, 0.717) is 0 Å². The number of para-hydroxylation sites is 2. The van der Waals surface area contributed by atoms with Crippen molar-refractivity contribution in [2.45, 2.75) is 0 Å². The van der Waals surface area contributed by atoms with Gasteiger partial charge in [0.2, 0.25) is 0 Å².